The monoisotopic (exact) mass is 332 g/mol. The maximum Gasteiger partial charge on any atom is 0.460 e. The lowest BCUT2D eigenvalue weighted by molar-refractivity contribution is -0.407. The van der Waals surface area contributed by atoms with Gasteiger partial charge in [0, 0.05) is 5.57 Å². The molecule has 0 aromatic carbocycles. The van der Waals surface area contributed by atoms with E-state index in [-0.39, 0.29) is 13.8 Å². The second kappa shape index (κ2) is 4.80. The van der Waals surface area contributed by atoms with Crippen molar-refractivity contribution in [2.45, 2.75) is 37.8 Å². The molecule has 1 N–H and O–H groups in total. The molecule has 21 heavy (non-hydrogen) atoms. The van der Waals surface area contributed by atoms with E-state index in [0.29, 0.717) is 0 Å². The standard InChI is InChI=1S/C10H9F9O2/c1-4(5(20)21)6(2,3)7(11,12)8(13,14)9(15,16)10(17,18)19/h1H2,2-3H3,(H,20,21). The van der Waals surface area contributed by atoms with Crippen molar-refractivity contribution >= 4 is 5.97 Å². The number of carboxylic acids is 1. The van der Waals surface area contributed by atoms with E-state index in [1.807, 2.05) is 0 Å². The molecule has 124 valence electrons. The zero-order valence-electron chi connectivity index (χ0n) is 10.5. The van der Waals surface area contributed by atoms with Gasteiger partial charge in [-0.25, -0.2) is 4.79 Å². The molecule has 0 saturated carbocycles. The first-order valence-corrected chi connectivity index (χ1v) is 4.98. The van der Waals surface area contributed by atoms with Crippen molar-refractivity contribution in [3.05, 3.63) is 12.2 Å². The Morgan fingerprint density at radius 1 is 0.810 bits per heavy atom. The van der Waals surface area contributed by atoms with E-state index in [1.54, 1.807) is 0 Å². The topological polar surface area (TPSA) is 37.3 Å². The summed E-state index contributed by atoms with van der Waals surface area (Å²) in [4.78, 5) is 10.5. The van der Waals surface area contributed by atoms with Crippen molar-refractivity contribution < 1.29 is 49.4 Å². The molecule has 0 spiro atoms. The van der Waals surface area contributed by atoms with E-state index in [0.717, 1.165) is 0 Å². The fourth-order valence-electron chi connectivity index (χ4n) is 1.22. The second-order valence-electron chi connectivity index (χ2n) is 4.63. The first kappa shape index (κ1) is 19.6. The van der Waals surface area contributed by atoms with Gasteiger partial charge in [0.2, 0.25) is 0 Å². The molecule has 0 saturated heterocycles. The summed E-state index contributed by atoms with van der Waals surface area (Å²) in [6, 6.07) is 0. The summed E-state index contributed by atoms with van der Waals surface area (Å²) in [6.07, 6.45) is -6.96. The van der Waals surface area contributed by atoms with Crippen LogP contribution in [0.3, 0.4) is 0 Å². The van der Waals surface area contributed by atoms with Crippen molar-refractivity contribution in [3.63, 3.8) is 0 Å². The second-order valence-corrected chi connectivity index (χ2v) is 4.63. The number of halogens is 9. The molecule has 0 aliphatic rings. The molecule has 0 aliphatic carbocycles. The van der Waals surface area contributed by atoms with Gasteiger partial charge in [-0.3, -0.25) is 0 Å². The molecule has 2 nitrogen and oxygen atoms in total. The molecule has 0 unspecified atom stereocenters. The van der Waals surface area contributed by atoms with Crippen LogP contribution >= 0.6 is 0 Å². The van der Waals surface area contributed by atoms with Crippen molar-refractivity contribution in [2.24, 2.45) is 5.41 Å². The lowest BCUT2D eigenvalue weighted by Crippen LogP contribution is -2.65. The van der Waals surface area contributed by atoms with Gasteiger partial charge >= 0.3 is 29.9 Å². The average molecular weight is 332 g/mol. The van der Waals surface area contributed by atoms with Gasteiger partial charge in [-0.1, -0.05) is 6.58 Å². The summed E-state index contributed by atoms with van der Waals surface area (Å²) in [7, 11) is 0. The van der Waals surface area contributed by atoms with Crippen molar-refractivity contribution in [1.82, 2.24) is 0 Å². The highest BCUT2D eigenvalue weighted by molar-refractivity contribution is 5.87. The number of carbonyl (C=O) groups is 1. The zero-order valence-corrected chi connectivity index (χ0v) is 10.5. The zero-order chi connectivity index (χ0) is 17.7. The van der Waals surface area contributed by atoms with Crippen LogP contribution in [0.15, 0.2) is 12.2 Å². The van der Waals surface area contributed by atoms with Crippen LogP contribution < -0.4 is 0 Å². The highest BCUT2D eigenvalue weighted by Gasteiger charge is 2.84. The number of aliphatic carboxylic acids is 1. The number of alkyl halides is 9. The van der Waals surface area contributed by atoms with E-state index < -0.39 is 40.9 Å². The number of hydrogen-bond donors (Lipinski definition) is 1. The van der Waals surface area contributed by atoms with Crippen LogP contribution in [-0.2, 0) is 4.79 Å². The minimum atomic E-state index is -7.07. The van der Waals surface area contributed by atoms with Crippen LogP contribution in [0.1, 0.15) is 13.8 Å². The Hall–Kier alpha value is -1.42. The maximum absolute atomic E-state index is 13.6. The van der Waals surface area contributed by atoms with E-state index >= 15 is 0 Å². The first-order chi connectivity index (χ1) is 8.85. The third-order valence-electron chi connectivity index (χ3n) is 2.94. The van der Waals surface area contributed by atoms with Crippen LogP contribution in [0.4, 0.5) is 39.5 Å². The van der Waals surface area contributed by atoms with Gasteiger partial charge in [-0.15, -0.1) is 0 Å². The highest BCUT2D eigenvalue weighted by Crippen LogP contribution is 2.59. The van der Waals surface area contributed by atoms with Gasteiger partial charge in [0.1, 0.15) is 0 Å². The Labute approximate surface area is 112 Å². The predicted octanol–water partition coefficient (Wildman–Crippen LogP) is 4.12. The van der Waals surface area contributed by atoms with Crippen LogP contribution in [0, 0.1) is 5.41 Å². The fourth-order valence-corrected chi connectivity index (χ4v) is 1.22. The van der Waals surface area contributed by atoms with Crippen molar-refractivity contribution in [2.75, 3.05) is 0 Å². The number of rotatable bonds is 5. The van der Waals surface area contributed by atoms with Crippen LogP contribution in [0.2, 0.25) is 0 Å². The lowest BCUT2D eigenvalue weighted by atomic mass is 9.74. The SMILES string of the molecule is C=C(C(=O)O)C(C)(C)C(F)(F)C(F)(F)C(F)(F)C(F)(F)F. The Morgan fingerprint density at radius 3 is 1.38 bits per heavy atom. The van der Waals surface area contributed by atoms with Crippen LogP contribution in [-0.4, -0.2) is 35.0 Å². The molecular formula is C10H9F9O2. The normalized spacial score (nSPS) is 15.0. The van der Waals surface area contributed by atoms with Gasteiger partial charge < -0.3 is 5.11 Å². The molecule has 0 rings (SSSR count). The quantitative estimate of drug-likeness (QED) is 0.607. The number of hydrogen-bond acceptors (Lipinski definition) is 1. The summed E-state index contributed by atoms with van der Waals surface area (Å²) in [6.45, 7) is 2.66. The van der Waals surface area contributed by atoms with Gasteiger partial charge in [-0.05, 0) is 13.8 Å². The third kappa shape index (κ3) is 2.57. The first-order valence-electron chi connectivity index (χ1n) is 4.98. The lowest BCUT2D eigenvalue weighted by Gasteiger charge is -2.41. The Kier molecular flexibility index (Phi) is 4.48. The summed E-state index contributed by atoms with van der Waals surface area (Å²) >= 11 is 0. The van der Waals surface area contributed by atoms with E-state index in [1.165, 1.54) is 0 Å². The van der Waals surface area contributed by atoms with Crippen molar-refractivity contribution in [3.8, 4) is 0 Å². The summed E-state index contributed by atoms with van der Waals surface area (Å²) < 4.78 is 114. The van der Waals surface area contributed by atoms with Gasteiger partial charge in [0.25, 0.3) is 0 Å². The molecule has 0 aromatic rings. The molecule has 11 heteroatoms. The molecule has 0 amide bonds. The summed E-state index contributed by atoms with van der Waals surface area (Å²) in [5.41, 5.74) is -5.22. The molecule has 0 radical (unpaired) electrons. The Balaban J connectivity index is 6.13. The summed E-state index contributed by atoms with van der Waals surface area (Å²) in [5, 5.41) is 8.42. The molecule has 0 atom stereocenters. The summed E-state index contributed by atoms with van der Waals surface area (Å²) in [5.74, 6) is -22.3. The van der Waals surface area contributed by atoms with Gasteiger partial charge in [-0.2, -0.15) is 39.5 Å². The van der Waals surface area contributed by atoms with E-state index in [4.69, 9.17) is 5.11 Å². The molecule has 0 aliphatic heterocycles. The predicted molar refractivity (Wildman–Crippen MR) is 51.5 cm³/mol. The minimum absolute atomic E-state index is 0.0732. The molecular weight excluding hydrogens is 323 g/mol. The molecule has 0 aromatic heterocycles. The maximum atomic E-state index is 13.6. The highest BCUT2D eigenvalue weighted by atomic mass is 19.4. The average Bonchev–Trinajstić information content (AvgIpc) is 2.25. The van der Waals surface area contributed by atoms with Crippen molar-refractivity contribution in [1.29, 1.82) is 0 Å². The molecule has 0 fully saturated rings. The van der Waals surface area contributed by atoms with E-state index in [2.05, 4.69) is 6.58 Å². The van der Waals surface area contributed by atoms with Crippen LogP contribution in [0.25, 0.3) is 0 Å². The number of carboxylic acid groups (broad SMARTS) is 1. The van der Waals surface area contributed by atoms with Crippen LogP contribution in [0.5, 0.6) is 0 Å². The Morgan fingerprint density at radius 2 is 1.14 bits per heavy atom. The minimum Gasteiger partial charge on any atom is -0.478 e. The third-order valence-corrected chi connectivity index (χ3v) is 2.94. The smallest absolute Gasteiger partial charge is 0.460 e. The molecule has 0 heterocycles. The van der Waals surface area contributed by atoms with Gasteiger partial charge in [0.15, 0.2) is 0 Å². The molecule has 0 bridgehead atoms. The van der Waals surface area contributed by atoms with Gasteiger partial charge in [0.05, 0.1) is 5.41 Å². The fraction of sp³-hybridized carbons (Fsp3) is 0.700. The Bertz CT molecular complexity index is 448. The van der Waals surface area contributed by atoms with E-state index in [9.17, 15) is 44.3 Å². The largest absolute Gasteiger partial charge is 0.478 e.